The number of pyridine rings is 2. The highest BCUT2D eigenvalue weighted by atomic mass is 16.3. The molecule has 2 N–H and O–H groups in total. The van der Waals surface area contributed by atoms with Crippen LogP contribution in [-0.2, 0) is 19.6 Å². The first-order chi connectivity index (χ1) is 16.6. The van der Waals surface area contributed by atoms with Crippen molar-refractivity contribution in [2.75, 3.05) is 0 Å². The predicted octanol–water partition coefficient (Wildman–Crippen LogP) is 2.75. The zero-order valence-electron chi connectivity index (χ0n) is 18.1. The Hall–Kier alpha value is -4.50. The lowest BCUT2D eigenvalue weighted by Crippen LogP contribution is -2.27. The third kappa shape index (κ3) is 3.78. The number of rotatable bonds is 7. The summed E-state index contributed by atoms with van der Waals surface area (Å²) in [6, 6.07) is 16.4. The number of hydrogen-bond donors (Lipinski definition) is 2. The van der Waals surface area contributed by atoms with Crippen LogP contribution in [0.1, 0.15) is 27.3 Å². The van der Waals surface area contributed by atoms with Crippen molar-refractivity contribution in [3.63, 3.8) is 0 Å². The van der Waals surface area contributed by atoms with E-state index in [0.717, 1.165) is 34.5 Å². The first kappa shape index (κ1) is 20.1. The van der Waals surface area contributed by atoms with Gasteiger partial charge in [-0.15, -0.1) is 0 Å². The van der Waals surface area contributed by atoms with E-state index in [1.165, 1.54) is 10.5 Å². The molecule has 0 aliphatic carbocycles. The molecule has 0 saturated heterocycles. The van der Waals surface area contributed by atoms with Crippen molar-refractivity contribution in [2.24, 2.45) is 0 Å². The zero-order chi connectivity index (χ0) is 23.1. The molecule has 6 aromatic rings. The number of carbonyl (C=O) groups excluding carboxylic acids is 1. The number of nitrogens with one attached hydrogen (secondary N) is 2. The van der Waals surface area contributed by atoms with Crippen LogP contribution in [0.3, 0.4) is 0 Å². The van der Waals surface area contributed by atoms with Crippen LogP contribution in [0.2, 0.25) is 0 Å². The maximum Gasteiger partial charge on any atom is 0.270 e. The Morgan fingerprint density at radius 3 is 2.74 bits per heavy atom. The number of fused-ring (bicyclic) bond motifs is 4. The monoisotopic (exact) mass is 452 g/mol. The molecule has 0 spiro atoms. The molecule has 6 rings (SSSR count). The van der Waals surface area contributed by atoms with E-state index in [1.54, 1.807) is 24.4 Å². The van der Waals surface area contributed by atoms with E-state index in [0.29, 0.717) is 17.9 Å². The van der Waals surface area contributed by atoms with E-state index in [-0.39, 0.29) is 17.8 Å². The number of carbonyl (C=O) groups is 1. The minimum absolute atomic E-state index is 0.0800. The van der Waals surface area contributed by atoms with E-state index in [2.05, 4.69) is 20.6 Å². The number of nitrogens with zero attached hydrogens (tertiary/aromatic N) is 4. The van der Waals surface area contributed by atoms with Gasteiger partial charge in [0, 0.05) is 43.3 Å². The molecule has 0 radical (unpaired) electrons. The van der Waals surface area contributed by atoms with Crippen molar-refractivity contribution < 1.29 is 9.21 Å². The molecule has 6 aromatic heterocycles. The van der Waals surface area contributed by atoms with Crippen LogP contribution in [0.5, 0.6) is 0 Å². The maximum absolute atomic E-state index is 12.6. The van der Waals surface area contributed by atoms with Crippen molar-refractivity contribution in [2.45, 2.75) is 19.6 Å². The fourth-order valence-electron chi connectivity index (χ4n) is 4.04. The normalized spacial score (nSPS) is 11.6. The number of amides is 1. The standard InChI is InChI=1S/C25H20N6O3/c32-24-10-20(29-23-3-1-2-8-31(23)24)25(33)27-13-18-15-30-14-16(4-7-22(30)28-18)11-26-12-17-9-19-5-6-21(17)34-19/h1-10,14-15,26H,11-13H2,(H,27,33). The summed E-state index contributed by atoms with van der Waals surface area (Å²) in [5.74, 6) is -0.421. The zero-order valence-corrected chi connectivity index (χ0v) is 18.1. The van der Waals surface area contributed by atoms with Crippen LogP contribution in [0.25, 0.3) is 22.5 Å². The first-order valence-corrected chi connectivity index (χ1v) is 10.9. The predicted molar refractivity (Wildman–Crippen MR) is 126 cm³/mol. The minimum atomic E-state index is -0.421. The second-order valence-electron chi connectivity index (χ2n) is 8.10. The average molecular weight is 452 g/mol. The topological polar surface area (TPSA) is 106 Å². The van der Waals surface area contributed by atoms with Gasteiger partial charge in [0.15, 0.2) is 0 Å². The average Bonchev–Trinajstić information content (AvgIpc) is 3.58. The van der Waals surface area contributed by atoms with Gasteiger partial charge in [0.25, 0.3) is 11.5 Å². The molecule has 0 atom stereocenters. The number of imidazole rings is 1. The summed E-state index contributed by atoms with van der Waals surface area (Å²) in [5.41, 5.74) is 5.78. The number of furan rings is 2. The molecule has 0 aliphatic heterocycles. The quantitative estimate of drug-likeness (QED) is 0.386. The molecular weight excluding hydrogens is 432 g/mol. The molecule has 0 aromatic carbocycles. The Morgan fingerprint density at radius 1 is 0.941 bits per heavy atom. The van der Waals surface area contributed by atoms with Crippen molar-refractivity contribution >= 4 is 28.4 Å². The molecule has 6 heterocycles. The lowest BCUT2D eigenvalue weighted by molar-refractivity contribution is 0.0945. The van der Waals surface area contributed by atoms with Crippen LogP contribution in [0.15, 0.2) is 82.4 Å². The highest BCUT2D eigenvalue weighted by Gasteiger charge is 2.12. The fraction of sp³-hybridized carbons (Fsp3) is 0.120. The summed E-state index contributed by atoms with van der Waals surface area (Å²) in [4.78, 5) is 33.6. The number of benzene rings is 1. The van der Waals surface area contributed by atoms with E-state index >= 15 is 0 Å². The molecule has 9 heteroatoms. The third-order valence-corrected chi connectivity index (χ3v) is 5.70. The van der Waals surface area contributed by atoms with Gasteiger partial charge in [0.05, 0.1) is 12.2 Å². The van der Waals surface area contributed by atoms with Gasteiger partial charge >= 0.3 is 0 Å². The van der Waals surface area contributed by atoms with Gasteiger partial charge in [-0.05, 0) is 42.0 Å². The van der Waals surface area contributed by atoms with Crippen LogP contribution in [0.4, 0.5) is 0 Å². The summed E-state index contributed by atoms with van der Waals surface area (Å²) < 4.78 is 8.90. The molecule has 2 bridgehead atoms. The maximum atomic E-state index is 12.6. The van der Waals surface area contributed by atoms with Gasteiger partial charge in [-0.25, -0.2) is 9.97 Å². The fourth-order valence-corrected chi connectivity index (χ4v) is 4.04. The van der Waals surface area contributed by atoms with E-state index in [4.69, 9.17) is 4.42 Å². The van der Waals surface area contributed by atoms with E-state index < -0.39 is 5.91 Å². The Kier molecular flexibility index (Phi) is 4.81. The summed E-state index contributed by atoms with van der Waals surface area (Å²) in [6.45, 7) is 1.66. The van der Waals surface area contributed by atoms with Gasteiger partial charge in [-0.2, -0.15) is 0 Å². The third-order valence-electron chi connectivity index (χ3n) is 5.70. The Balaban J connectivity index is 1.10. The summed E-state index contributed by atoms with van der Waals surface area (Å²) in [7, 11) is 0. The highest BCUT2D eigenvalue weighted by molar-refractivity contribution is 5.92. The van der Waals surface area contributed by atoms with Crippen molar-refractivity contribution in [3.8, 4) is 0 Å². The molecule has 168 valence electrons. The van der Waals surface area contributed by atoms with Crippen molar-refractivity contribution in [3.05, 3.63) is 106 Å². The van der Waals surface area contributed by atoms with Gasteiger partial charge in [-0.3, -0.25) is 14.0 Å². The largest absolute Gasteiger partial charge is 0.457 e. The van der Waals surface area contributed by atoms with Gasteiger partial charge in [-0.1, -0.05) is 12.1 Å². The van der Waals surface area contributed by atoms with Crippen LogP contribution < -0.4 is 16.2 Å². The molecule has 0 unspecified atom stereocenters. The van der Waals surface area contributed by atoms with Crippen LogP contribution in [-0.4, -0.2) is 24.7 Å². The number of hydrogen-bond acceptors (Lipinski definition) is 6. The summed E-state index contributed by atoms with van der Waals surface area (Å²) >= 11 is 0. The SMILES string of the molecule is O=C(NCc1cn2cc(CNCc3cc4ccc3o4)ccc2n1)c1cc(=O)n2ccccc2n1. The van der Waals surface area contributed by atoms with Crippen LogP contribution in [0, 0.1) is 0 Å². The van der Waals surface area contributed by atoms with Gasteiger partial charge < -0.3 is 19.5 Å². The van der Waals surface area contributed by atoms with Crippen molar-refractivity contribution in [1.82, 2.24) is 29.4 Å². The van der Waals surface area contributed by atoms with Crippen molar-refractivity contribution in [1.29, 1.82) is 0 Å². The molecule has 34 heavy (non-hydrogen) atoms. The Morgan fingerprint density at radius 2 is 1.88 bits per heavy atom. The Bertz CT molecular complexity index is 1700. The van der Waals surface area contributed by atoms with Gasteiger partial charge in [0.1, 0.15) is 28.2 Å². The summed E-state index contributed by atoms with van der Waals surface area (Å²) in [5, 5.41) is 6.23. The van der Waals surface area contributed by atoms with E-state index in [1.807, 2.05) is 47.1 Å². The smallest absolute Gasteiger partial charge is 0.270 e. The lowest BCUT2D eigenvalue weighted by Gasteiger charge is -2.05. The van der Waals surface area contributed by atoms with Gasteiger partial charge in [0.2, 0.25) is 0 Å². The minimum Gasteiger partial charge on any atom is -0.457 e. The summed E-state index contributed by atoms with van der Waals surface area (Å²) in [6.07, 6.45) is 5.51. The molecule has 1 amide bonds. The molecule has 0 aliphatic rings. The van der Waals surface area contributed by atoms with E-state index in [9.17, 15) is 9.59 Å². The lowest BCUT2D eigenvalue weighted by atomic mass is 10.2. The molecule has 0 fully saturated rings. The first-order valence-electron chi connectivity index (χ1n) is 10.9. The second kappa shape index (κ2) is 8.13. The molecular formula is C25H20N6O3. The molecule has 9 nitrogen and oxygen atoms in total. The Labute approximate surface area is 193 Å². The number of aromatic nitrogens is 4. The molecule has 0 saturated carbocycles. The van der Waals surface area contributed by atoms with Crippen LogP contribution >= 0.6 is 0 Å². The second-order valence-corrected chi connectivity index (χ2v) is 8.10. The highest BCUT2D eigenvalue weighted by Crippen LogP contribution is 2.21.